The molecule has 3 N–H and O–H groups in total. The van der Waals surface area contributed by atoms with Crippen molar-refractivity contribution in [3.8, 4) is 0 Å². The summed E-state index contributed by atoms with van der Waals surface area (Å²) in [5.41, 5.74) is 8.49. The first-order chi connectivity index (χ1) is 15.5. The van der Waals surface area contributed by atoms with Crippen LogP contribution >= 0.6 is 11.6 Å². The second kappa shape index (κ2) is 10.1. The Labute approximate surface area is 194 Å². The lowest BCUT2D eigenvalue weighted by Crippen LogP contribution is -2.50. The Bertz CT molecular complexity index is 930. The quantitative estimate of drug-likeness (QED) is 0.620. The molecule has 7 nitrogen and oxygen atoms in total. The van der Waals surface area contributed by atoms with E-state index in [0.29, 0.717) is 44.2 Å². The van der Waals surface area contributed by atoms with Gasteiger partial charge in [0.2, 0.25) is 5.91 Å². The fourth-order valence-electron chi connectivity index (χ4n) is 4.93. The molecule has 0 bridgehead atoms. The van der Waals surface area contributed by atoms with Gasteiger partial charge in [-0.05, 0) is 49.4 Å². The van der Waals surface area contributed by atoms with Crippen molar-refractivity contribution in [3.05, 3.63) is 52.4 Å². The maximum atomic E-state index is 13.5. The van der Waals surface area contributed by atoms with Gasteiger partial charge in [-0.25, -0.2) is 9.97 Å². The Balaban J connectivity index is 1.46. The Hall–Kier alpha value is -2.22. The molecular formula is C24H32ClN5O2. The number of hydrogen-bond acceptors (Lipinski definition) is 6. The zero-order chi connectivity index (χ0) is 22.7. The number of aromatic nitrogens is 2. The lowest BCUT2D eigenvalue weighted by atomic mass is 9.91. The molecule has 2 aromatic rings. The number of nitrogens with two attached hydrogens (primary N) is 1. The van der Waals surface area contributed by atoms with Crippen molar-refractivity contribution in [2.75, 3.05) is 37.6 Å². The monoisotopic (exact) mass is 457 g/mol. The molecule has 172 valence electrons. The van der Waals surface area contributed by atoms with Crippen LogP contribution in [-0.4, -0.2) is 58.6 Å². The molecule has 1 amide bonds. The summed E-state index contributed by atoms with van der Waals surface area (Å²) in [5.74, 6) is 1.13. The van der Waals surface area contributed by atoms with E-state index in [9.17, 15) is 9.90 Å². The van der Waals surface area contributed by atoms with Gasteiger partial charge < -0.3 is 20.6 Å². The van der Waals surface area contributed by atoms with Gasteiger partial charge in [0.05, 0.1) is 17.7 Å². The fraction of sp³-hybridized carbons (Fsp3) is 0.542. The Morgan fingerprint density at radius 1 is 1.19 bits per heavy atom. The van der Waals surface area contributed by atoms with E-state index in [-0.39, 0.29) is 17.7 Å². The lowest BCUT2D eigenvalue weighted by Gasteiger charge is -2.38. The minimum Gasteiger partial charge on any atom is -0.387 e. The SMILES string of the molecule is C[C@@H]1C[C@@H](O)c2ncnc(N3CCN(C(=O)[C@H](CCCCN)c4ccc(Cl)cc4)CC3)c21. The molecule has 2 heterocycles. The number of benzene rings is 1. The molecule has 0 unspecified atom stereocenters. The highest BCUT2D eigenvalue weighted by atomic mass is 35.5. The van der Waals surface area contributed by atoms with Crippen LogP contribution in [0.2, 0.25) is 5.02 Å². The number of carbonyl (C=O) groups is 1. The third kappa shape index (κ3) is 4.75. The van der Waals surface area contributed by atoms with Crippen molar-refractivity contribution in [1.29, 1.82) is 0 Å². The summed E-state index contributed by atoms with van der Waals surface area (Å²) in [4.78, 5) is 26.5. The van der Waals surface area contributed by atoms with Crippen molar-refractivity contribution in [2.45, 2.75) is 50.5 Å². The van der Waals surface area contributed by atoms with Crippen LogP contribution < -0.4 is 10.6 Å². The Kier molecular flexibility index (Phi) is 7.28. The number of anilines is 1. The topological polar surface area (TPSA) is 95.6 Å². The van der Waals surface area contributed by atoms with Crippen LogP contribution in [0.25, 0.3) is 0 Å². The summed E-state index contributed by atoms with van der Waals surface area (Å²) < 4.78 is 0. The zero-order valence-electron chi connectivity index (χ0n) is 18.6. The third-order valence-electron chi connectivity index (χ3n) is 6.69. The van der Waals surface area contributed by atoms with Crippen LogP contribution in [0.15, 0.2) is 30.6 Å². The van der Waals surface area contributed by atoms with Crippen molar-refractivity contribution < 1.29 is 9.90 Å². The van der Waals surface area contributed by atoms with Gasteiger partial charge in [-0.15, -0.1) is 0 Å². The molecule has 3 atom stereocenters. The van der Waals surface area contributed by atoms with Gasteiger partial charge >= 0.3 is 0 Å². The Morgan fingerprint density at radius 2 is 1.91 bits per heavy atom. The van der Waals surface area contributed by atoms with Gasteiger partial charge in [0.25, 0.3) is 0 Å². The molecule has 0 spiro atoms. The van der Waals surface area contributed by atoms with Gasteiger partial charge in [0.1, 0.15) is 12.1 Å². The lowest BCUT2D eigenvalue weighted by molar-refractivity contribution is -0.133. The van der Waals surface area contributed by atoms with Crippen LogP contribution in [0, 0.1) is 0 Å². The summed E-state index contributed by atoms with van der Waals surface area (Å²) in [6, 6.07) is 7.62. The highest BCUT2D eigenvalue weighted by Gasteiger charge is 2.34. The number of nitrogens with zero attached hydrogens (tertiary/aromatic N) is 4. The number of aliphatic hydroxyl groups is 1. The minimum absolute atomic E-state index is 0.167. The number of rotatable bonds is 7. The molecule has 8 heteroatoms. The molecule has 1 saturated heterocycles. The second-order valence-electron chi connectivity index (χ2n) is 8.85. The first-order valence-electron chi connectivity index (χ1n) is 11.5. The first kappa shape index (κ1) is 23.0. The standard InChI is InChI=1S/C24H32ClN5O2/c1-16-14-20(31)22-21(16)23(28-15-27-22)29-10-12-30(13-11-29)24(32)19(4-2-3-9-26)17-5-7-18(25)8-6-17/h5-8,15-16,19-20,31H,2-4,9-14,26H2,1H3/t16-,19-,20-/m1/s1. The van der Waals surface area contributed by atoms with Crippen LogP contribution in [0.1, 0.15) is 67.4 Å². The number of carbonyl (C=O) groups excluding carboxylic acids is 1. The normalized spacial score (nSPS) is 21.5. The smallest absolute Gasteiger partial charge is 0.230 e. The van der Waals surface area contributed by atoms with E-state index >= 15 is 0 Å². The van der Waals surface area contributed by atoms with Crippen molar-refractivity contribution in [3.63, 3.8) is 0 Å². The van der Waals surface area contributed by atoms with E-state index in [1.807, 2.05) is 29.2 Å². The highest BCUT2D eigenvalue weighted by molar-refractivity contribution is 6.30. The van der Waals surface area contributed by atoms with Crippen molar-refractivity contribution in [2.24, 2.45) is 5.73 Å². The van der Waals surface area contributed by atoms with Crippen LogP contribution in [0.3, 0.4) is 0 Å². The van der Waals surface area contributed by atoms with Crippen molar-refractivity contribution >= 4 is 23.3 Å². The third-order valence-corrected chi connectivity index (χ3v) is 6.94. The molecule has 1 aliphatic carbocycles. The van der Waals surface area contributed by atoms with E-state index in [0.717, 1.165) is 41.9 Å². The largest absolute Gasteiger partial charge is 0.387 e. The minimum atomic E-state index is -0.515. The molecule has 1 aromatic carbocycles. The maximum absolute atomic E-state index is 13.5. The van der Waals surface area contributed by atoms with Gasteiger partial charge in [-0.2, -0.15) is 0 Å². The number of amides is 1. The molecule has 1 aromatic heterocycles. The average Bonchev–Trinajstić information content (AvgIpc) is 3.11. The zero-order valence-corrected chi connectivity index (χ0v) is 19.3. The van der Waals surface area contributed by atoms with Crippen LogP contribution in [0.4, 0.5) is 5.82 Å². The summed E-state index contributed by atoms with van der Waals surface area (Å²) in [7, 11) is 0. The van der Waals surface area contributed by atoms with E-state index in [1.54, 1.807) is 6.33 Å². The van der Waals surface area contributed by atoms with Crippen molar-refractivity contribution in [1.82, 2.24) is 14.9 Å². The number of halogens is 1. The maximum Gasteiger partial charge on any atom is 0.230 e. The summed E-state index contributed by atoms with van der Waals surface area (Å²) in [6.07, 6.45) is 4.33. The van der Waals surface area contributed by atoms with Gasteiger partial charge in [-0.1, -0.05) is 37.1 Å². The predicted molar refractivity (Wildman–Crippen MR) is 126 cm³/mol. The number of piperazine rings is 1. The van der Waals surface area contributed by atoms with E-state index in [4.69, 9.17) is 17.3 Å². The van der Waals surface area contributed by atoms with Crippen LogP contribution in [0.5, 0.6) is 0 Å². The van der Waals surface area contributed by atoms with Gasteiger partial charge in [-0.3, -0.25) is 4.79 Å². The highest BCUT2D eigenvalue weighted by Crippen LogP contribution is 2.42. The molecule has 0 radical (unpaired) electrons. The summed E-state index contributed by atoms with van der Waals surface area (Å²) >= 11 is 6.06. The molecule has 0 saturated carbocycles. The fourth-order valence-corrected chi connectivity index (χ4v) is 5.06. The summed E-state index contributed by atoms with van der Waals surface area (Å²) in [5, 5.41) is 11.0. The number of unbranched alkanes of at least 4 members (excludes halogenated alkanes) is 1. The molecule has 1 aliphatic heterocycles. The molecule has 1 fully saturated rings. The number of aliphatic hydroxyl groups excluding tert-OH is 1. The van der Waals surface area contributed by atoms with Gasteiger partial charge in [0.15, 0.2) is 0 Å². The predicted octanol–water partition coefficient (Wildman–Crippen LogP) is 3.23. The molecule has 2 aliphatic rings. The second-order valence-corrected chi connectivity index (χ2v) is 9.29. The average molecular weight is 458 g/mol. The van der Waals surface area contributed by atoms with Gasteiger partial charge in [0, 0.05) is 36.8 Å². The number of fused-ring (bicyclic) bond motifs is 1. The first-order valence-corrected chi connectivity index (χ1v) is 11.9. The number of hydrogen-bond donors (Lipinski definition) is 2. The molecule has 32 heavy (non-hydrogen) atoms. The van der Waals surface area contributed by atoms with E-state index in [2.05, 4.69) is 21.8 Å². The Morgan fingerprint density at radius 3 is 2.59 bits per heavy atom. The van der Waals surface area contributed by atoms with E-state index < -0.39 is 6.10 Å². The molecule has 4 rings (SSSR count). The summed E-state index contributed by atoms with van der Waals surface area (Å²) in [6.45, 7) is 5.48. The molecular weight excluding hydrogens is 426 g/mol. The van der Waals surface area contributed by atoms with E-state index in [1.165, 1.54) is 0 Å². The van der Waals surface area contributed by atoms with Crippen LogP contribution in [-0.2, 0) is 4.79 Å².